The highest BCUT2D eigenvalue weighted by atomic mass is 35.5. The van der Waals surface area contributed by atoms with Gasteiger partial charge in [0, 0.05) is 6.20 Å². The fourth-order valence-corrected chi connectivity index (χ4v) is 2.42. The molecule has 2 heterocycles. The molecule has 0 atom stereocenters. The SMILES string of the molecule is COc1ccc(C)cc1Nc1ncnc(Nc2cccnc2Cl)c1N. The molecule has 0 fully saturated rings. The number of hydrogen-bond donors (Lipinski definition) is 3. The van der Waals surface area contributed by atoms with Gasteiger partial charge in [-0.25, -0.2) is 15.0 Å². The van der Waals surface area contributed by atoms with Crippen molar-refractivity contribution in [1.29, 1.82) is 0 Å². The minimum absolute atomic E-state index is 0.329. The zero-order valence-corrected chi connectivity index (χ0v) is 14.5. The van der Waals surface area contributed by atoms with Gasteiger partial charge < -0.3 is 21.1 Å². The Bertz CT molecular complexity index is 902. The maximum Gasteiger partial charge on any atom is 0.159 e. The van der Waals surface area contributed by atoms with Crippen LogP contribution in [0.2, 0.25) is 5.15 Å². The van der Waals surface area contributed by atoms with Gasteiger partial charge in [0.2, 0.25) is 0 Å². The molecular weight excluding hydrogens is 340 g/mol. The molecule has 0 saturated carbocycles. The van der Waals surface area contributed by atoms with Crippen LogP contribution in [-0.2, 0) is 0 Å². The number of hydrogen-bond acceptors (Lipinski definition) is 7. The number of nitrogens with two attached hydrogens (primary N) is 1. The summed E-state index contributed by atoms with van der Waals surface area (Å²) >= 11 is 6.06. The Morgan fingerprint density at radius 2 is 1.76 bits per heavy atom. The highest BCUT2D eigenvalue weighted by Gasteiger charge is 2.12. The molecule has 1 aromatic carbocycles. The number of aryl methyl sites for hydroxylation is 1. The number of benzene rings is 1. The molecule has 8 heteroatoms. The summed E-state index contributed by atoms with van der Waals surface area (Å²) in [7, 11) is 1.61. The average molecular weight is 357 g/mol. The van der Waals surface area contributed by atoms with Crippen molar-refractivity contribution in [3.8, 4) is 5.75 Å². The molecule has 0 aliphatic carbocycles. The first-order valence-electron chi connectivity index (χ1n) is 7.48. The average Bonchev–Trinajstić information content (AvgIpc) is 2.60. The quantitative estimate of drug-likeness (QED) is 0.596. The Balaban J connectivity index is 1.92. The van der Waals surface area contributed by atoms with Crippen molar-refractivity contribution in [3.63, 3.8) is 0 Å². The van der Waals surface area contributed by atoms with Gasteiger partial charge in [0.1, 0.15) is 17.8 Å². The van der Waals surface area contributed by atoms with Crippen LogP contribution in [0.3, 0.4) is 0 Å². The van der Waals surface area contributed by atoms with E-state index in [4.69, 9.17) is 22.1 Å². The summed E-state index contributed by atoms with van der Waals surface area (Å²) in [4.78, 5) is 12.4. The molecule has 0 amide bonds. The van der Waals surface area contributed by atoms with Gasteiger partial charge in [-0.2, -0.15) is 0 Å². The predicted molar refractivity (Wildman–Crippen MR) is 100.0 cm³/mol. The second kappa shape index (κ2) is 7.23. The van der Waals surface area contributed by atoms with Gasteiger partial charge in [-0.3, -0.25) is 0 Å². The number of ether oxygens (including phenoxy) is 1. The Morgan fingerprint density at radius 3 is 2.44 bits per heavy atom. The van der Waals surface area contributed by atoms with Crippen LogP contribution in [0.25, 0.3) is 0 Å². The van der Waals surface area contributed by atoms with E-state index in [-0.39, 0.29) is 0 Å². The first kappa shape index (κ1) is 16.8. The first-order valence-corrected chi connectivity index (χ1v) is 7.86. The minimum atomic E-state index is 0.329. The molecule has 2 aromatic heterocycles. The molecule has 128 valence electrons. The van der Waals surface area contributed by atoms with Crippen molar-refractivity contribution in [1.82, 2.24) is 15.0 Å². The number of halogens is 1. The molecule has 0 saturated heterocycles. The van der Waals surface area contributed by atoms with E-state index >= 15 is 0 Å². The van der Waals surface area contributed by atoms with E-state index in [1.54, 1.807) is 25.4 Å². The lowest BCUT2D eigenvalue weighted by atomic mass is 10.2. The molecule has 0 aliphatic rings. The molecule has 3 aromatic rings. The smallest absolute Gasteiger partial charge is 0.159 e. The summed E-state index contributed by atoms with van der Waals surface area (Å²) in [6.07, 6.45) is 3.02. The third-order valence-electron chi connectivity index (χ3n) is 3.50. The summed E-state index contributed by atoms with van der Waals surface area (Å²) in [6.45, 7) is 1.99. The number of nitrogens with zero attached hydrogens (tertiary/aromatic N) is 3. The van der Waals surface area contributed by atoms with Crippen LogP contribution in [-0.4, -0.2) is 22.1 Å². The number of rotatable bonds is 5. The van der Waals surface area contributed by atoms with E-state index in [0.29, 0.717) is 33.9 Å². The van der Waals surface area contributed by atoms with Crippen molar-refractivity contribution in [3.05, 3.63) is 53.6 Å². The maximum atomic E-state index is 6.20. The second-order valence-corrected chi connectivity index (χ2v) is 5.64. The molecular formula is C17H17ClN6O. The lowest BCUT2D eigenvalue weighted by Gasteiger charge is -2.15. The zero-order chi connectivity index (χ0) is 17.8. The molecule has 7 nitrogen and oxygen atoms in total. The number of methoxy groups -OCH3 is 1. The van der Waals surface area contributed by atoms with E-state index in [1.165, 1.54) is 6.33 Å². The van der Waals surface area contributed by atoms with Crippen molar-refractivity contribution >= 4 is 40.3 Å². The van der Waals surface area contributed by atoms with Gasteiger partial charge in [0.15, 0.2) is 16.8 Å². The zero-order valence-electron chi connectivity index (χ0n) is 13.7. The van der Waals surface area contributed by atoms with Gasteiger partial charge in [-0.05, 0) is 36.8 Å². The highest BCUT2D eigenvalue weighted by molar-refractivity contribution is 6.32. The molecule has 0 radical (unpaired) electrons. The van der Waals surface area contributed by atoms with Crippen molar-refractivity contribution in [2.24, 2.45) is 0 Å². The van der Waals surface area contributed by atoms with Crippen LogP contribution in [0, 0.1) is 6.92 Å². The van der Waals surface area contributed by atoms with Gasteiger partial charge in [-0.15, -0.1) is 0 Å². The monoisotopic (exact) mass is 356 g/mol. The van der Waals surface area contributed by atoms with Crippen LogP contribution in [0.1, 0.15) is 5.56 Å². The summed E-state index contributed by atoms with van der Waals surface area (Å²) in [5.74, 6) is 1.58. The Labute approximate surface area is 150 Å². The molecule has 3 rings (SSSR count). The molecule has 0 bridgehead atoms. The van der Waals surface area contributed by atoms with Crippen molar-refractivity contribution < 1.29 is 4.74 Å². The third-order valence-corrected chi connectivity index (χ3v) is 3.81. The molecule has 0 unspecified atom stereocenters. The van der Waals surface area contributed by atoms with E-state index < -0.39 is 0 Å². The largest absolute Gasteiger partial charge is 0.495 e. The van der Waals surface area contributed by atoms with E-state index in [9.17, 15) is 0 Å². The van der Waals surface area contributed by atoms with Crippen LogP contribution in [0.5, 0.6) is 5.75 Å². The number of nitrogens with one attached hydrogen (secondary N) is 2. The summed E-state index contributed by atoms with van der Waals surface area (Å²) in [6, 6.07) is 9.34. The van der Waals surface area contributed by atoms with E-state index in [1.807, 2.05) is 25.1 Å². The van der Waals surface area contributed by atoms with Crippen molar-refractivity contribution in [2.45, 2.75) is 6.92 Å². The molecule has 0 aliphatic heterocycles. The van der Waals surface area contributed by atoms with Crippen LogP contribution < -0.4 is 21.1 Å². The first-order chi connectivity index (χ1) is 12.1. The third kappa shape index (κ3) is 3.72. The van der Waals surface area contributed by atoms with Crippen LogP contribution in [0.4, 0.5) is 28.7 Å². The fraction of sp³-hybridized carbons (Fsp3) is 0.118. The summed E-state index contributed by atoms with van der Waals surface area (Å²) in [5, 5.41) is 6.58. The summed E-state index contributed by atoms with van der Waals surface area (Å²) in [5.41, 5.74) is 9.00. The Morgan fingerprint density at radius 1 is 1.04 bits per heavy atom. The number of aromatic nitrogens is 3. The van der Waals surface area contributed by atoms with Gasteiger partial charge in [0.05, 0.1) is 18.5 Å². The van der Waals surface area contributed by atoms with Gasteiger partial charge >= 0.3 is 0 Å². The predicted octanol–water partition coefficient (Wildman–Crippen LogP) is 3.91. The van der Waals surface area contributed by atoms with Crippen molar-refractivity contribution in [2.75, 3.05) is 23.5 Å². The van der Waals surface area contributed by atoms with Crippen LogP contribution in [0.15, 0.2) is 42.9 Å². The standard InChI is InChI=1S/C17H17ClN6O/c1-10-5-6-13(25-2)12(8-10)24-17-14(19)16(21-9-22-17)23-11-4-3-7-20-15(11)18/h3-9H,19H2,1-2H3,(H2,21,22,23,24). The van der Waals surface area contributed by atoms with Crippen LogP contribution >= 0.6 is 11.6 Å². The lowest BCUT2D eigenvalue weighted by Crippen LogP contribution is -2.06. The highest BCUT2D eigenvalue weighted by Crippen LogP contribution is 2.33. The molecule has 4 N–H and O–H groups in total. The number of pyridine rings is 1. The molecule has 0 spiro atoms. The van der Waals surface area contributed by atoms with Gasteiger partial charge in [-0.1, -0.05) is 17.7 Å². The van der Waals surface area contributed by atoms with E-state index in [2.05, 4.69) is 25.6 Å². The number of anilines is 5. The summed E-state index contributed by atoms with van der Waals surface area (Å²) < 4.78 is 5.37. The Kier molecular flexibility index (Phi) is 4.85. The Hall–Kier alpha value is -3.06. The topological polar surface area (TPSA) is 98.0 Å². The molecule has 25 heavy (non-hydrogen) atoms. The lowest BCUT2D eigenvalue weighted by molar-refractivity contribution is 0.416. The number of nitrogen functional groups attached to an aromatic ring is 1. The second-order valence-electron chi connectivity index (χ2n) is 5.28. The normalized spacial score (nSPS) is 10.4. The van der Waals surface area contributed by atoms with Gasteiger partial charge in [0.25, 0.3) is 0 Å². The maximum absolute atomic E-state index is 6.20. The fourth-order valence-electron chi connectivity index (χ4n) is 2.25. The van der Waals surface area contributed by atoms with E-state index in [0.717, 1.165) is 11.3 Å². The minimum Gasteiger partial charge on any atom is -0.495 e.